The van der Waals surface area contributed by atoms with Crippen molar-refractivity contribution in [3.05, 3.63) is 64.2 Å². The van der Waals surface area contributed by atoms with Gasteiger partial charge in [-0.05, 0) is 50.5 Å². The van der Waals surface area contributed by atoms with Crippen LogP contribution in [0.4, 0.5) is 5.69 Å². The van der Waals surface area contributed by atoms with Crippen LogP contribution in [-0.2, 0) is 11.2 Å². The van der Waals surface area contributed by atoms with E-state index >= 15 is 0 Å². The minimum Gasteiger partial charge on any atom is -0.326 e. The minimum absolute atomic E-state index is 0.0314. The molecule has 0 atom stereocenters. The van der Waals surface area contributed by atoms with Crippen molar-refractivity contribution in [1.82, 2.24) is 0 Å². The summed E-state index contributed by atoms with van der Waals surface area (Å²) in [5.41, 5.74) is 6.67. The smallest absolute Gasteiger partial charge is 0.228 e. The van der Waals surface area contributed by atoms with Crippen molar-refractivity contribution in [3.8, 4) is 0 Å². The second kappa shape index (κ2) is 5.91. The highest BCUT2D eigenvalue weighted by Gasteiger charge is 2.08. The van der Waals surface area contributed by atoms with Gasteiger partial charge in [0.25, 0.3) is 0 Å². The van der Waals surface area contributed by atoms with Gasteiger partial charge >= 0.3 is 0 Å². The molecule has 2 aromatic carbocycles. The lowest BCUT2D eigenvalue weighted by Crippen LogP contribution is -2.15. The van der Waals surface area contributed by atoms with Crippen LogP contribution in [0.25, 0.3) is 0 Å². The molecule has 0 spiro atoms. The van der Waals surface area contributed by atoms with Gasteiger partial charge in [0.2, 0.25) is 5.91 Å². The number of carbonyl (C=O) groups is 1. The predicted octanol–water partition coefficient (Wildman–Crippen LogP) is 4.10. The highest BCUT2D eigenvalue weighted by molar-refractivity contribution is 5.93. The number of hydrogen-bond acceptors (Lipinski definition) is 1. The van der Waals surface area contributed by atoms with Crippen molar-refractivity contribution >= 4 is 11.6 Å². The molecular weight excluding hydrogens is 246 g/mol. The van der Waals surface area contributed by atoms with E-state index in [0.717, 1.165) is 16.8 Å². The van der Waals surface area contributed by atoms with Gasteiger partial charge < -0.3 is 5.32 Å². The largest absolute Gasteiger partial charge is 0.326 e. The summed E-state index contributed by atoms with van der Waals surface area (Å²) >= 11 is 0. The molecule has 104 valence electrons. The van der Waals surface area contributed by atoms with Gasteiger partial charge in [0.05, 0.1) is 6.42 Å². The van der Waals surface area contributed by atoms with Crippen LogP contribution in [0.15, 0.2) is 36.4 Å². The van der Waals surface area contributed by atoms with E-state index in [-0.39, 0.29) is 5.91 Å². The summed E-state index contributed by atoms with van der Waals surface area (Å²) in [5.74, 6) is 0.0314. The van der Waals surface area contributed by atoms with Crippen LogP contribution in [0.1, 0.15) is 27.8 Å². The molecule has 2 aromatic rings. The summed E-state index contributed by atoms with van der Waals surface area (Å²) < 4.78 is 0. The Labute approximate surface area is 120 Å². The molecule has 0 fully saturated rings. The minimum atomic E-state index is 0.0314. The van der Waals surface area contributed by atoms with E-state index in [0.29, 0.717) is 6.42 Å². The Hall–Kier alpha value is -2.09. The van der Waals surface area contributed by atoms with E-state index in [4.69, 9.17) is 0 Å². The number of benzene rings is 2. The lowest BCUT2D eigenvalue weighted by atomic mass is 10.0. The maximum absolute atomic E-state index is 12.1. The lowest BCUT2D eigenvalue weighted by molar-refractivity contribution is -0.115. The van der Waals surface area contributed by atoms with Crippen molar-refractivity contribution in [2.24, 2.45) is 0 Å². The molecular formula is C18H21NO. The summed E-state index contributed by atoms with van der Waals surface area (Å²) in [4.78, 5) is 12.1. The first kappa shape index (κ1) is 14.3. The van der Waals surface area contributed by atoms with Crippen LogP contribution in [0.3, 0.4) is 0 Å². The molecule has 20 heavy (non-hydrogen) atoms. The number of hydrogen-bond donors (Lipinski definition) is 1. The fraction of sp³-hybridized carbons (Fsp3) is 0.278. The number of carbonyl (C=O) groups excluding carboxylic acids is 1. The maximum atomic E-state index is 12.1. The fourth-order valence-corrected chi connectivity index (χ4v) is 2.37. The first-order valence-electron chi connectivity index (χ1n) is 6.89. The number of rotatable bonds is 3. The van der Waals surface area contributed by atoms with Crippen LogP contribution in [-0.4, -0.2) is 5.91 Å². The molecule has 1 amide bonds. The van der Waals surface area contributed by atoms with Crippen LogP contribution >= 0.6 is 0 Å². The molecule has 2 heteroatoms. The molecule has 0 saturated heterocycles. The Balaban J connectivity index is 2.09. The predicted molar refractivity (Wildman–Crippen MR) is 84.2 cm³/mol. The summed E-state index contributed by atoms with van der Waals surface area (Å²) in [6, 6.07) is 12.2. The number of anilines is 1. The van der Waals surface area contributed by atoms with Gasteiger partial charge in [-0.3, -0.25) is 4.79 Å². The molecule has 0 radical (unpaired) electrons. The van der Waals surface area contributed by atoms with Gasteiger partial charge in [-0.2, -0.15) is 0 Å². The van der Waals surface area contributed by atoms with Gasteiger partial charge in [0.15, 0.2) is 0 Å². The summed E-state index contributed by atoms with van der Waals surface area (Å²) in [6.07, 6.45) is 0.416. The highest BCUT2D eigenvalue weighted by atomic mass is 16.1. The highest BCUT2D eigenvalue weighted by Crippen LogP contribution is 2.17. The molecule has 0 unspecified atom stereocenters. The van der Waals surface area contributed by atoms with E-state index in [1.807, 2.05) is 45.0 Å². The topological polar surface area (TPSA) is 29.1 Å². The number of amides is 1. The van der Waals surface area contributed by atoms with Gasteiger partial charge in [-0.1, -0.05) is 41.5 Å². The van der Waals surface area contributed by atoms with Gasteiger partial charge in [0, 0.05) is 5.69 Å². The molecule has 0 aliphatic rings. The Bertz CT molecular complexity index is 588. The quantitative estimate of drug-likeness (QED) is 0.891. The molecule has 0 aromatic heterocycles. The molecule has 1 N–H and O–H groups in total. The molecule has 2 rings (SSSR count). The lowest BCUT2D eigenvalue weighted by Gasteiger charge is -2.10. The Kier molecular flexibility index (Phi) is 4.23. The first-order chi connectivity index (χ1) is 9.45. The fourth-order valence-electron chi connectivity index (χ4n) is 2.37. The summed E-state index contributed by atoms with van der Waals surface area (Å²) in [5, 5.41) is 2.99. The molecule has 0 heterocycles. The van der Waals surface area contributed by atoms with Gasteiger partial charge in [-0.15, -0.1) is 0 Å². The standard InChI is InChI=1S/C18H21NO/c1-12-5-7-16(14(3)9-12)11-18(20)19-17-8-6-13(2)10-15(17)4/h5-10H,11H2,1-4H3,(H,19,20). The van der Waals surface area contributed by atoms with Crippen molar-refractivity contribution in [2.75, 3.05) is 5.32 Å². The molecule has 0 aliphatic heterocycles. The Morgan fingerprint density at radius 1 is 0.900 bits per heavy atom. The third-order valence-electron chi connectivity index (χ3n) is 3.51. The van der Waals surface area contributed by atoms with Crippen molar-refractivity contribution in [2.45, 2.75) is 34.1 Å². The monoisotopic (exact) mass is 267 g/mol. The van der Waals surface area contributed by atoms with Crippen LogP contribution < -0.4 is 5.32 Å². The zero-order valence-corrected chi connectivity index (χ0v) is 12.6. The SMILES string of the molecule is Cc1ccc(CC(=O)Nc2ccc(C)cc2C)c(C)c1. The van der Waals surface area contributed by atoms with Crippen molar-refractivity contribution < 1.29 is 4.79 Å². The molecule has 0 aliphatic carbocycles. The maximum Gasteiger partial charge on any atom is 0.228 e. The van der Waals surface area contributed by atoms with Gasteiger partial charge in [0.1, 0.15) is 0 Å². The van der Waals surface area contributed by atoms with Crippen LogP contribution in [0.2, 0.25) is 0 Å². The first-order valence-corrected chi connectivity index (χ1v) is 6.89. The Morgan fingerprint density at radius 3 is 2.10 bits per heavy atom. The zero-order chi connectivity index (χ0) is 14.7. The van der Waals surface area contributed by atoms with Crippen molar-refractivity contribution in [1.29, 1.82) is 0 Å². The second-order valence-corrected chi connectivity index (χ2v) is 5.47. The third-order valence-corrected chi connectivity index (χ3v) is 3.51. The third kappa shape index (κ3) is 3.47. The van der Waals surface area contributed by atoms with E-state index in [9.17, 15) is 4.79 Å². The van der Waals surface area contributed by atoms with E-state index < -0.39 is 0 Å². The normalized spacial score (nSPS) is 10.4. The molecule has 0 saturated carbocycles. The van der Waals surface area contributed by atoms with Crippen LogP contribution in [0.5, 0.6) is 0 Å². The van der Waals surface area contributed by atoms with Gasteiger partial charge in [-0.25, -0.2) is 0 Å². The Morgan fingerprint density at radius 2 is 1.50 bits per heavy atom. The van der Waals surface area contributed by atoms with E-state index in [1.54, 1.807) is 0 Å². The summed E-state index contributed by atoms with van der Waals surface area (Å²) in [7, 11) is 0. The summed E-state index contributed by atoms with van der Waals surface area (Å²) in [6.45, 7) is 8.17. The average molecular weight is 267 g/mol. The zero-order valence-electron chi connectivity index (χ0n) is 12.6. The van der Waals surface area contributed by atoms with E-state index in [2.05, 4.69) is 24.4 Å². The number of nitrogens with one attached hydrogen (secondary N) is 1. The van der Waals surface area contributed by atoms with E-state index in [1.165, 1.54) is 16.7 Å². The second-order valence-electron chi connectivity index (χ2n) is 5.47. The number of aryl methyl sites for hydroxylation is 4. The van der Waals surface area contributed by atoms with Crippen molar-refractivity contribution in [3.63, 3.8) is 0 Å². The van der Waals surface area contributed by atoms with Crippen LogP contribution in [0, 0.1) is 27.7 Å². The molecule has 0 bridgehead atoms. The average Bonchev–Trinajstić information content (AvgIpc) is 2.36. The molecule has 2 nitrogen and oxygen atoms in total.